The summed E-state index contributed by atoms with van der Waals surface area (Å²) in [7, 11) is 0. The number of thioether (sulfide) groups is 1. The Labute approximate surface area is 108 Å². The number of hydrogen-bond donors (Lipinski definition) is 0. The molecule has 17 heavy (non-hydrogen) atoms. The van der Waals surface area contributed by atoms with E-state index >= 15 is 0 Å². The predicted octanol–water partition coefficient (Wildman–Crippen LogP) is 2.42. The molecule has 1 aliphatic carbocycles. The van der Waals surface area contributed by atoms with Gasteiger partial charge < -0.3 is 4.90 Å². The van der Waals surface area contributed by atoms with E-state index in [2.05, 4.69) is 11.0 Å². The zero-order chi connectivity index (χ0) is 12.1. The van der Waals surface area contributed by atoms with Crippen LogP contribution in [0.5, 0.6) is 0 Å². The Hall–Kier alpha value is -0.690. The molecule has 0 bridgehead atoms. The summed E-state index contributed by atoms with van der Waals surface area (Å²) in [4.78, 5) is 14.2. The molecule has 3 nitrogen and oxygen atoms in total. The van der Waals surface area contributed by atoms with E-state index in [0.29, 0.717) is 17.5 Å². The van der Waals surface area contributed by atoms with Gasteiger partial charge in [-0.2, -0.15) is 5.26 Å². The smallest absolute Gasteiger partial charge is 0.232 e. The molecule has 0 radical (unpaired) electrons. The second-order valence-corrected chi connectivity index (χ2v) is 5.98. The quantitative estimate of drug-likeness (QED) is 0.722. The molecule has 1 atom stereocenters. The van der Waals surface area contributed by atoms with Crippen LogP contribution >= 0.6 is 11.8 Å². The lowest BCUT2D eigenvalue weighted by molar-refractivity contribution is -0.130. The van der Waals surface area contributed by atoms with Gasteiger partial charge in [-0.3, -0.25) is 4.79 Å². The average molecular weight is 252 g/mol. The first-order valence-corrected chi connectivity index (χ1v) is 7.72. The molecular weight excluding hydrogens is 232 g/mol. The number of rotatable bonds is 4. The van der Waals surface area contributed by atoms with Crippen molar-refractivity contribution in [3.63, 3.8) is 0 Å². The molecular formula is C13H20N2OS. The van der Waals surface area contributed by atoms with Crippen molar-refractivity contribution in [2.75, 3.05) is 18.1 Å². The van der Waals surface area contributed by atoms with E-state index in [4.69, 9.17) is 5.26 Å². The maximum absolute atomic E-state index is 12.1. The Morgan fingerprint density at radius 1 is 1.29 bits per heavy atom. The third-order valence-corrected chi connectivity index (χ3v) is 4.74. The number of carbonyl (C=O) groups is 1. The minimum Gasteiger partial charge on any atom is -0.339 e. The van der Waals surface area contributed by atoms with Crippen molar-refractivity contribution >= 4 is 17.7 Å². The number of nitriles is 1. The Balaban J connectivity index is 1.85. The van der Waals surface area contributed by atoms with Crippen LogP contribution in [0.4, 0.5) is 0 Å². The lowest BCUT2D eigenvalue weighted by atomic mass is 9.96. The van der Waals surface area contributed by atoms with Crippen molar-refractivity contribution in [2.45, 2.75) is 44.6 Å². The summed E-state index contributed by atoms with van der Waals surface area (Å²) in [5.74, 6) is 1.91. The normalized spacial score (nSPS) is 25.1. The molecule has 0 aromatic heterocycles. The number of hydrogen-bond acceptors (Lipinski definition) is 3. The van der Waals surface area contributed by atoms with Gasteiger partial charge in [0, 0.05) is 12.6 Å². The van der Waals surface area contributed by atoms with E-state index in [9.17, 15) is 4.79 Å². The van der Waals surface area contributed by atoms with Crippen LogP contribution in [0.3, 0.4) is 0 Å². The highest BCUT2D eigenvalue weighted by atomic mass is 32.2. The highest BCUT2D eigenvalue weighted by Crippen LogP contribution is 2.35. The van der Waals surface area contributed by atoms with Crippen molar-refractivity contribution in [1.29, 1.82) is 5.26 Å². The minimum atomic E-state index is 0.250. The summed E-state index contributed by atoms with van der Waals surface area (Å²) in [5, 5.41) is 8.47. The number of amides is 1. The van der Waals surface area contributed by atoms with Gasteiger partial charge in [0.05, 0.1) is 17.6 Å². The molecule has 1 amide bonds. The molecule has 1 saturated carbocycles. The van der Waals surface area contributed by atoms with Gasteiger partial charge >= 0.3 is 0 Å². The van der Waals surface area contributed by atoms with Crippen LogP contribution in [-0.4, -0.2) is 34.9 Å². The molecule has 2 fully saturated rings. The van der Waals surface area contributed by atoms with Gasteiger partial charge in [0.15, 0.2) is 0 Å². The molecule has 94 valence electrons. The van der Waals surface area contributed by atoms with Gasteiger partial charge in [-0.15, -0.1) is 11.8 Å². The second-order valence-electron chi connectivity index (χ2n) is 4.99. The van der Waals surface area contributed by atoms with Crippen molar-refractivity contribution in [2.24, 2.45) is 5.92 Å². The first kappa shape index (κ1) is 12.8. The fourth-order valence-corrected chi connectivity index (χ4v) is 3.74. The van der Waals surface area contributed by atoms with Gasteiger partial charge in [0.2, 0.25) is 5.91 Å². The van der Waals surface area contributed by atoms with Crippen molar-refractivity contribution < 1.29 is 4.79 Å². The average Bonchev–Trinajstić information content (AvgIpc) is 2.99. The van der Waals surface area contributed by atoms with Gasteiger partial charge in [0.25, 0.3) is 0 Å². The maximum atomic E-state index is 12.1. The number of carbonyl (C=O) groups excluding carboxylic acids is 1. The van der Waals surface area contributed by atoms with E-state index < -0.39 is 0 Å². The van der Waals surface area contributed by atoms with E-state index in [1.54, 1.807) is 0 Å². The van der Waals surface area contributed by atoms with Crippen LogP contribution in [0.25, 0.3) is 0 Å². The summed E-state index contributed by atoms with van der Waals surface area (Å²) in [5.41, 5.74) is 0. The van der Waals surface area contributed by atoms with Crippen LogP contribution < -0.4 is 0 Å². The van der Waals surface area contributed by atoms with Gasteiger partial charge in [-0.05, 0) is 31.6 Å². The molecule has 0 aromatic rings. The highest BCUT2D eigenvalue weighted by Gasteiger charge is 2.35. The molecule has 1 aliphatic heterocycles. The number of likely N-dealkylation sites (tertiary alicyclic amines) is 1. The molecule has 0 unspecified atom stereocenters. The molecule has 2 aliphatic rings. The highest BCUT2D eigenvalue weighted by molar-refractivity contribution is 8.00. The second kappa shape index (κ2) is 6.30. The number of nitrogens with zero attached hydrogens (tertiary/aromatic N) is 2. The van der Waals surface area contributed by atoms with Crippen LogP contribution in [0.15, 0.2) is 0 Å². The van der Waals surface area contributed by atoms with Crippen LogP contribution in [0, 0.1) is 17.2 Å². The zero-order valence-corrected chi connectivity index (χ0v) is 11.0. The van der Waals surface area contributed by atoms with Crippen LogP contribution in [-0.2, 0) is 4.79 Å². The SMILES string of the molecule is N#CCSCC(=O)N1CCC[C@H]1C1CCCC1. The van der Waals surface area contributed by atoms with Crippen molar-refractivity contribution in [3.8, 4) is 6.07 Å². The standard InChI is InChI=1S/C13H20N2OS/c14-7-9-17-10-13(16)15-8-3-6-12(15)11-4-1-2-5-11/h11-12H,1-6,8-10H2/t12-/m0/s1. The molecule has 0 spiro atoms. The monoisotopic (exact) mass is 252 g/mol. The summed E-state index contributed by atoms with van der Waals surface area (Å²) >= 11 is 1.44. The lowest BCUT2D eigenvalue weighted by Crippen LogP contribution is -2.40. The van der Waals surface area contributed by atoms with Gasteiger partial charge in [-0.1, -0.05) is 12.8 Å². The van der Waals surface area contributed by atoms with E-state index in [1.165, 1.54) is 43.9 Å². The van der Waals surface area contributed by atoms with Crippen molar-refractivity contribution in [3.05, 3.63) is 0 Å². The zero-order valence-electron chi connectivity index (χ0n) is 10.2. The topological polar surface area (TPSA) is 44.1 Å². The Morgan fingerprint density at radius 3 is 2.76 bits per heavy atom. The minimum absolute atomic E-state index is 0.250. The van der Waals surface area contributed by atoms with Gasteiger partial charge in [-0.25, -0.2) is 0 Å². The summed E-state index contributed by atoms with van der Waals surface area (Å²) in [6.45, 7) is 0.938. The lowest BCUT2D eigenvalue weighted by Gasteiger charge is -2.29. The molecule has 0 aromatic carbocycles. The summed E-state index contributed by atoms with van der Waals surface area (Å²) in [6, 6.07) is 2.58. The maximum Gasteiger partial charge on any atom is 0.232 e. The molecule has 0 N–H and O–H groups in total. The fraction of sp³-hybridized carbons (Fsp3) is 0.846. The summed E-state index contributed by atoms with van der Waals surface area (Å²) in [6.07, 6.45) is 7.65. The van der Waals surface area contributed by atoms with E-state index in [-0.39, 0.29) is 5.91 Å². The molecule has 1 saturated heterocycles. The first-order chi connectivity index (χ1) is 8.33. The summed E-state index contributed by atoms with van der Waals surface area (Å²) < 4.78 is 0. The third kappa shape index (κ3) is 3.16. The first-order valence-electron chi connectivity index (χ1n) is 6.57. The molecule has 2 rings (SSSR count). The fourth-order valence-electron chi connectivity index (χ4n) is 3.20. The Morgan fingerprint density at radius 2 is 2.06 bits per heavy atom. The van der Waals surface area contributed by atoms with Crippen molar-refractivity contribution in [1.82, 2.24) is 4.90 Å². The largest absolute Gasteiger partial charge is 0.339 e. The van der Waals surface area contributed by atoms with Crippen LogP contribution in [0.2, 0.25) is 0 Å². The Kier molecular flexibility index (Phi) is 4.73. The molecule has 1 heterocycles. The molecule has 4 heteroatoms. The van der Waals surface area contributed by atoms with Crippen LogP contribution in [0.1, 0.15) is 38.5 Å². The van der Waals surface area contributed by atoms with Gasteiger partial charge in [0.1, 0.15) is 0 Å². The third-order valence-electron chi connectivity index (χ3n) is 3.96. The Bertz CT molecular complexity index is 307. The predicted molar refractivity (Wildman–Crippen MR) is 69.6 cm³/mol. The van der Waals surface area contributed by atoms with E-state index in [0.717, 1.165) is 18.9 Å². The van der Waals surface area contributed by atoms with E-state index in [1.807, 2.05) is 0 Å².